The van der Waals surface area contributed by atoms with E-state index in [2.05, 4.69) is 9.97 Å². The molecule has 0 aliphatic carbocycles. The first-order valence-corrected chi connectivity index (χ1v) is 7.94. The summed E-state index contributed by atoms with van der Waals surface area (Å²) in [7, 11) is 0. The van der Waals surface area contributed by atoms with Crippen LogP contribution in [0, 0.1) is 19.7 Å². The summed E-state index contributed by atoms with van der Waals surface area (Å²) >= 11 is 0. The summed E-state index contributed by atoms with van der Waals surface area (Å²) in [6.45, 7) is 4.29. The molecule has 0 radical (unpaired) electrons. The summed E-state index contributed by atoms with van der Waals surface area (Å²) < 4.78 is 27.1. The largest absolute Gasteiger partial charge is 0.488 e. The van der Waals surface area contributed by atoms with Crippen LogP contribution in [0.5, 0.6) is 5.75 Å². The average molecular weight is 327 g/mol. The van der Waals surface area contributed by atoms with Gasteiger partial charge in [0.15, 0.2) is 0 Å². The molecule has 5 nitrogen and oxygen atoms in total. The van der Waals surface area contributed by atoms with Crippen molar-refractivity contribution in [3.8, 4) is 5.75 Å². The van der Waals surface area contributed by atoms with E-state index in [1.165, 1.54) is 12.1 Å². The summed E-state index contributed by atoms with van der Waals surface area (Å²) in [5.41, 5.74) is 2.60. The third kappa shape index (κ3) is 2.63. The monoisotopic (exact) mass is 327 g/mol. The first kappa shape index (κ1) is 15.1. The van der Waals surface area contributed by atoms with E-state index in [4.69, 9.17) is 9.47 Å². The van der Waals surface area contributed by atoms with Gasteiger partial charge < -0.3 is 14.0 Å². The summed E-state index contributed by atoms with van der Waals surface area (Å²) in [5.74, 6) is 0.440. The van der Waals surface area contributed by atoms with Gasteiger partial charge in [0.25, 0.3) is 0 Å². The van der Waals surface area contributed by atoms with Gasteiger partial charge in [0.05, 0.1) is 12.3 Å². The van der Waals surface area contributed by atoms with Crippen molar-refractivity contribution >= 4 is 11.0 Å². The van der Waals surface area contributed by atoms with E-state index in [0.29, 0.717) is 18.8 Å². The maximum atomic E-state index is 13.2. The Morgan fingerprint density at radius 3 is 2.96 bits per heavy atom. The Hall–Kier alpha value is -2.47. The minimum absolute atomic E-state index is 0.0699. The fraction of sp³-hybridized carbons (Fsp3) is 0.333. The number of nitrogens with zero attached hydrogens (tertiary/aromatic N) is 3. The molecule has 24 heavy (non-hydrogen) atoms. The highest BCUT2D eigenvalue weighted by atomic mass is 19.1. The summed E-state index contributed by atoms with van der Waals surface area (Å²) in [6, 6.07) is 6.56. The number of hydrogen-bond acceptors (Lipinski definition) is 4. The number of fused-ring (bicyclic) bond motifs is 1. The number of halogens is 1. The zero-order valence-electron chi connectivity index (χ0n) is 13.6. The Morgan fingerprint density at radius 2 is 2.12 bits per heavy atom. The number of aromatic nitrogens is 3. The molecule has 0 spiro atoms. The SMILES string of the molecule is Cc1cc(F)ccc1O[C@@H]1COC(n2ccc3c(C)ncnc32)C1. The van der Waals surface area contributed by atoms with E-state index in [9.17, 15) is 4.39 Å². The van der Waals surface area contributed by atoms with Gasteiger partial charge in [-0.25, -0.2) is 14.4 Å². The maximum Gasteiger partial charge on any atom is 0.145 e. The van der Waals surface area contributed by atoms with Gasteiger partial charge >= 0.3 is 0 Å². The Kier molecular flexibility index (Phi) is 3.69. The molecular weight excluding hydrogens is 309 g/mol. The summed E-state index contributed by atoms with van der Waals surface area (Å²) in [5, 5.41) is 1.03. The molecule has 124 valence electrons. The maximum absolute atomic E-state index is 13.2. The lowest BCUT2D eigenvalue weighted by atomic mass is 10.2. The predicted octanol–water partition coefficient (Wildman–Crippen LogP) is 3.55. The third-order valence-corrected chi connectivity index (χ3v) is 4.39. The Balaban J connectivity index is 1.52. The molecule has 1 unspecified atom stereocenters. The number of benzene rings is 1. The quantitative estimate of drug-likeness (QED) is 0.738. The minimum atomic E-state index is -0.255. The van der Waals surface area contributed by atoms with Gasteiger partial charge in [-0.05, 0) is 43.7 Å². The van der Waals surface area contributed by atoms with Gasteiger partial charge in [0, 0.05) is 18.0 Å². The van der Waals surface area contributed by atoms with E-state index in [0.717, 1.165) is 22.3 Å². The predicted molar refractivity (Wildman–Crippen MR) is 87.4 cm³/mol. The van der Waals surface area contributed by atoms with Crippen LogP contribution in [0.4, 0.5) is 4.39 Å². The van der Waals surface area contributed by atoms with Crippen molar-refractivity contribution in [3.63, 3.8) is 0 Å². The van der Waals surface area contributed by atoms with Crippen molar-refractivity contribution in [2.45, 2.75) is 32.6 Å². The second-order valence-electron chi connectivity index (χ2n) is 6.09. The average Bonchev–Trinajstić information content (AvgIpc) is 3.17. The van der Waals surface area contributed by atoms with Crippen molar-refractivity contribution in [1.82, 2.24) is 14.5 Å². The van der Waals surface area contributed by atoms with Crippen LogP contribution in [-0.4, -0.2) is 27.2 Å². The van der Waals surface area contributed by atoms with E-state index in [-0.39, 0.29) is 18.1 Å². The van der Waals surface area contributed by atoms with Gasteiger partial charge in [-0.2, -0.15) is 0 Å². The zero-order chi connectivity index (χ0) is 16.7. The molecule has 0 saturated carbocycles. The molecule has 1 aromatic carbocycles. The number of ether oxygens (including phenoxy) is 2. The minimum Gasteiger partial charge on any atom is -0.488 e. The van der Waals surface area contributed by atoms with Gasteiger partial charge in [-0.3, -0.25) is 0 Å². The Morgan fingerprint density at radius 1 is 1.25 bits per heavy atom. The molecule has 0 N–H and O–H groups in total. The molecule has 3 heterocycles. The van der Waals surface area contributed by atoms with Crippen molar-refractivity contribution in [1.29, 1.82) is 0 Å². The standard InChI is InChI=1S/C18H18FN3O2/c1-11-7-13(19)3-4-16(11)24-14-8-17(23-9-14)22-6-5-15-12(2)20-10-21-18(15)22/h3-7,10,14,17H,8-9H2,1-2H3/t14-,17?/m0/s1. The van der Waals surface area contributed by atoms with Gasteiger partial charge in [-0.1, -0.05) is 0 Å². The van der Waals surface area contributed by atoms with E-state index in [1.54, 1.807) is 12.4 Å². The second-order valence-corrected chi connectivity index (χ2v) is 6.09. The van der Waals surface area contributed by atoms with Crippen molar-refractivity contribution in [2.24, 2.45) is 0 Å². The van der Waals surface area contributed by atoms with Crippen LogP contribution in [0.25, 0.3) is 11.0 Å². The first-order chi connectivity index (χ1) is 11.6. The molecule has 2 aromatic heterocycles. The molecule has 0 amide bonds. The highest BCUT2D eigenvalue weighted by molar-refractivity contribution is 5.78. The van der Waals surface area contributed by atoms with Crippen molar-refractivity contribution in [2.75, 3.05) is 6.61 Å². The van der Waals surface area contributed by atoms with Crippen LogP contribution >= 0.6 is 0 Å². The fourth-order valence-electron chi connectivity index (χ4n) is 3.11. The third-order valence-electron chi connectivity index (χ3n) is 4.39. The van der Waals surface area contributed by atoms with Crippen LogP contribution in [0.15, 0.2) is 36.8 Å². The lowest BCUT2D eigenvalue weighted by molar-refractivity contribution is 0.0526. The number of rotatable bonds is 3. The van der Waals surface area contributed by atoms with Gasteiger partial charge in [-0.15, -0.1) is 0 Å². The van der Waals surface area contributed by atoms with Gasteiger partial charge in [0.1, 0.15) is 35.9 Å². The van der Waals surface area contributed by atoms with E-state index in [1.807, 2.05) is 30.7 Å². The number of hydrogen-bond donors (Lipinski definition) is 0. The summed E-state index contributed by atoms with van der Waals surface area (Å²) in [6.07, 6.45) is 4.06. The molecule has 6 heteroatoms. The second kappa shape index (κ2) is 5.87. The molecular formula is C18H18FN3O2. The normalized spacial score (nSPS) is 20.6. The van der Waals surface area contributed by atoms with Crippen LogP contribution in [0.1, 0.15) is 23.9 Å². The molecule has 2 atom stereocenters. The molecule has 1 fully saturated rings. The lowest BCUT2D eigenvalue weighted by Crippen LogP contribution is -2.17. The highest BCUT2D eigenvalue weighted by Gasteiger charge is 2.29. The van der Waals surface area contributed by atoms with Crippen molar-refractivity contribution in [3.05, 3.63) is 53.9 Å². The van der Waals surface area contributed by atoms with Crippen LogP contribution in [0.3, 0.4) is 0 Å². The van der Waals surface area contributed by atoms with Crippen molar-refractivity contribution < 1.29 is 13.9 Å². The van der Waals surface area contributed by atoms with E-state index >= 15 is 0 Å². The lowest BCUT2D eigenvalue weighted by Gasteiger charge is -2.15. The molecule has 3 aromatic rings. The Bertz CT molecular complexity index is 893. The molecule has 4 rings (SSSR count). The molecule has 1 aliphatic heterocycles. The fourth-order valence-corrected chi connectivity index (χ4v) is 3.11. The topological polar surface area (TPSA) is 49.2 Å². The van der Waals surface area contributed by atoms with Crippen LogP contribution in [0.2, 0.25) is 0 Å². The van der Waals surface area contributed by atoms with Crippen LogP contribution < -0.4 is 4.74 Å². The van der Waals surface area contributed by atoms with E-state index < -0.39 is 0 Å². The molecule has 1 aliphatic rings. The highest BCUT2D eigenvalue weighted by Crippen LogP contribution is 2.31. The smallest absolute Gasteiger partial charge is 0.145 e. The van der Waals surface area contributed by atoms with Gasteiger partial charge in [0.2, 0.25) is 0 Å². The Labute approximate surface area is 139 Å². The number of aryl methyl sites for hydroxylation is 2. The zero-order valence-corrected chi connectivity index (χ0v) is 13.6. The molecule has 1 saturated heterocycles. The molecule has 0 bridgehead atoms. The summed E-state index contributed by atoms with van der Waals surface area (Å²) in [4.78, 5) is 8.58. The first-order valence-electron chi connectivity index (χ1n) is 7.94. The van der Waals surface area contributed by atoms with Crippen LogP contribution in [-0.2, 0) is 4.74 Å².